The van der Waals surface area contributed by atoms with E-state index < -0.39 is 23.4 Å². The van der Waals surface area contributed by atoms with Crippen LogP contribution in [-0.2, 0) is 19.2 Å². The van der Waals surface area contributed by atoms with E-state index in [9.17, 15) is 24.3 Å². The van der Waals surface area contributed by atoms with Crippen molar-refractivity contribution >= 4 is 46.5 Å². The van der Waals surface area contributed by atoms with Crippen molar-refractivity contribution < 1.29 is 29.0 Å². The molecule has 1 N–H and O–H groups in total. The predicted octanol–water partition coefficient (Wildman–Crippen LogP) is 2.31. The van der Waals surface area contributed by atoms with Crippen LogP contribution in [-0.4, -0.2) is 50.5 Å². The van der Waals surface area contributed by atoms with Crippen LogP contribution in [0.2, 0.25) is 0 Å². The summed E-state index contributed by atoms with van der Waals surface area (Å²) in [6.07, 6.45) is 0.0564. The molecule has 0 bridgehead atoms. The topological polar surface area (TPSA) is 101 Å². The van der Waals surface area contributed by atoms with Crippen molar-refractivity contribution in [3.8, 4) is 5.75 Å². The second-order valence-electron chi connectivity index (χ2n) is 5.56. The Labute approximate surface area is 159 Å². The highest BCUT2D eigenvalue weighted by Crippen LogP contribution is 2.45. The van der Waals surface area contributed by atoms with Gasteiger partial charge < -0.3 is 14.7 Å². The maximum Gasteiger partial charge on any atom is 0.327 e. The molecule has 1 saturated heterocycles. The molecule has 1 aliphatic rings. The lowest BCUT2D eigenvalue weighted by Gasteiger charge is -2.28. The second kappa shape index (κ2) is 9.09. The highest BCUT2D eigenvalue weighted by Gasteiger charge is 2.43. The first-order chi connectivity index (χ1) is 12.3. The highest BCUT2D eigenvalue weighted by molar-refractivity contribution is 8.13. The summed E-state index contributed by atoms with van der Waals surface area (Å²) < 4.78 is 5.21. The van der Waals surface area contributed by atoms with Crippen molar-refractivity contribution in [3.63, 3.8) is 0 Å². The molecule has 1 amide bonds. The molecule has 2 atom stereocenters. The number of aliphatic carboxylic acids is 1. The fourth-order valence-corrected chi connectivity index (χ4v) is 4.62. The van der Waals surface area contributed by atoms with Crippen molar-refractivity contribution in [2.45, 2.75) is 31.7 Å². The lowest BCUT2D eigenvalue weighted by molar-refractivity contribution is -0.149. The van der Waals surface area contributed by atoms with Gasteiger partial charge in [0.2, 0.25) is 5.91 Å². The molecular weight excluding hydrogens is 378 g/mol. The Bertz CT molecular complexity index is 723. The molecule has 140 valence electrons. The zero-order valence-corrected chi connectivity index (χ0v) is 16.0. The van der Waals surface area contributed by atoms with E-state index in [2.05, 4.69) is 0 Å². The average Bonchev–Trinajstić information content (AvgIpc) is 2.99. The van der Waals surface area contributed by atoms with Gasteiger partial charge in [-0.3, -0.25) is 14.4 Å². The van der Waals surface area contributed by atoms with E-state index >= 15 is 0 Å². The third-order valence-electron chi connectivity index (χ3n) is 3.63. The van der Waals surface area contributed by atoms with Gasteiger partial charge in [0.1, 0.15) is 17.2 Å². The first-order valence-electron chi connectivity index (χ1n) is 7.87. The number of carbonyl (C=O) groups excluding carboxylic acids is 3. The van der Waals surface area contributed by atoms with Crippen molar-refractivity contribution in [3.05, 3.63) is 29.8 Å². The minimum absolute atomic E-state index is 0.0564. The zero-order valence-electron chi connectivity index (χ0n) is 14.3. The van der Waals surface area contributed by atoms with Gasteiger partial charge in [0.25, 0.3) is 0 Å². The van der Waals surface area contributed by atoms with Crippen LogP contribution in [0.4, 0.5) is 0 Å². The summed E-state index contributed by atoms with van der Waals surface area (Å²) in [5.74, 6) is -1.10. The second-order valence-corrected chi connectivity index (χ2v) is 7.95. The number of amides is 1. The lowest BCUT2D eigenvalue weighted by atomic mass is 10.1. The van der Waals surface area contributed by atoms with Gasteiger partial charge in [-0.05, 0) is 6.07 Å². The van der Waals surface area contributed by atoms with Gasteiger partial charge in [0.15, 0.2) is 5.12 Å². The van der Waals surface area contributed by atoms with Gasteiger partial charge in [-0.25, -0.2) is 4.79 Å². The van der Waals surface area contributed by atoms with Crippen molar-refractivity contribution in [2.24, 2.45) is 0 Å². The van der Waals surface area contributed by atoms with Gasteiger partial charge in [0, 0.05) is 37.3 Å². The number of carbonyl (C=O) groups is 4. The maximum atomic E-state index is 12.7. The zero-order chi connectivity index (χ0) is 19.3. The van der Waals surface area contributed by atoms with Gasteiger partial charge in [-0.1, -0.05) is 30.0 Å². The summed E-state index contributed by atoms with van der Waals surface area (Å²) in [7, 11) is 0. The molecule has 0 saturated carbocycles. The third-order valence-corrected chi connectivity index (χ3v) is 5.75. The first kappa shape index (κ1) is 20.3. The molecule has 1 aromatic carbocycles. The fourth-order valence-electron chi connectivity index (χ4n) is 2.58. The standard InChI is InChI=1S/C17H19NO6S2/c1-10(19)24-14-6-4-3-5-12(14)16-18(13(9-26-16)17(22)23)15(21)7-8-25-11(2)20/h3-6,13,16H,7-9H2,1-2H3,(H,22,23)/t13-,16-/m0/s1. The van der Waals surface area contributed by atoms with Crippen LogP contribution >= 0.6 is 23.5 Å². The van der Waals surface area contributed by atoms with Crippen LogP contribution in [0.15, 0.2) is 24.3 Å². The molecule has 1 fully saturated rings. The predicted molar refractivity (Wildman–Crippen MR) is 99.0 cm³/mol. The number of hydrogen-bond acceptors (Lipinski definition) is 7. The maximum absolute atomic E-state index is 12.7. The molecule has 1 aromatic rings. The van der Waals surface area contributed by atoms with E-state index in [1.54, 1.807) is 24.3 Å². The minimum atomic E-state index is -1.09. The molecule has 9 heteroatoms. The molecule has 1 heterocycles. The summed E-state index contributed by atoms with van der Waals surface area (Å²) >= 11 is 2.34. The Balaban J connectivity index is 2.28. The van der Waals surface area contributed by atoms with E-state index in [1.807, 2.05) is 0 Å². The van der Waals surface area contributed by atoms with Gasteiger partial charge in [0.05, 0.1) is 0 Å². The van der Waals surface area contributed by atoms with E-state index in [0.717, 1.165) is 11.8 Å². The molecule has 0 radical (unpaired) electrons. The van der Waals surface area contributed by atoms with E-state index in [4.69, 9.17) is 4.74 Å². The Morgan fingerprint density at radius 3 is 2.58 bits per heavy atom. The summed E-state index contributed by atoms with van der Waals surface area (Å²) in [5, 5.41) is 8.81. The van der Waals surface area contributed by atoms with Crippen molar-refractivity contribution in [1.29, 1.82) is 0 Å². The van der Waals surface area contributed by atoms with Crippen molar-refractivity contribution in [1.82, 2.24) is 4.90 Å². The molecular formula is C17H19NO6S2. The normalized spacial score (nSPS) is 19.2. The van der Waals surface area contributed by atoms with Crippen molar-refractivity contribution in [2.75, 3.05) is 11.5 Å². The quantitative estimate of drug-likeness (QED) is 0.576. The summed E-state index contributed by atoms with van der Waals surface area (Å²) in [4.78, 5) is 48.0. The number of ether oxygens (including phenoxy) is 1. The molecule has 0 aliphatic carbocycles. The molecule has 0 aromatic heterocycles. The number of esters is 1. The van der Waals surface area contributed by atoms with Gasteiger partial charge in [-0.2, -0.15) is 0 Å². The monoisotopic (exact) mass is 397 g/mol. The molecule has 0 spiro atoms. The molecule has 26 heavy (non-hydrogen) atoms. The van der Waals surface area contributed by atoms with Crippen LogP contribution in [0.3, 0.4) is 0 Å². The summed E-state index contributed by atoms with van der Waals surface area (Å²) in [5.41, 5.74) is 0.573. The summed E-state index contributed by atoms with van der Waals surface area (Å²) in [6, 6.07) is 5.80. The number of nitrogens with zero attached hydrogens (tertiary/aromatic N) is 1. The number of para-hydroxylation sites is 1. The number of hydrogen-bond donors (Lipinski definition) is 1. The first-order valence-corrected chi connectivity index (χ1v) is 9.91. The molecule has 2 rings (SSSR count). The number of thioether (sulfide) groups is 2. The average molecular weight is 397 g/mol. The minimum Gasteiger partial charge on any atom is -0.480 e. The smallest absolute Gasteiger partial charge is 0.327 e. The van der Waals surface area contributed by atoms with Crippen LogP contribution in [0.1, 0.15) is 31.2 Å². The fraction of sp³-hybridized carbons (Fsp3) is 0.412. The number of carboxylic acid groups (broad SMARTS) is 1. The Morgan fingerprint density at radius 1 is 1.27 bits per heavy atom. The Hall–Kier alpha value is -2.00. The Morgan fingerprint density at radius 2 is 1.96 bits per heavy atom. The van der Waals surface area contributed by atoms with Crippen LogP contribution < -0.4 is 4.74 Å². The number of rotatable bonds is 6. The largest absolute Gasteiger partial charge is 0.480 e. The number of benzene rings is 1. The molecule has 7 nitrogen and oxygen atoms in total. The lowest BCUT2D eigenvalue weighted by Crippen LogP contribution is -2.43. The number of carboxylic acids is 1. The summed E-state index contributed by atoms with van der Waals surface area (Å²) in [6.45, 7) is 2.69. The Kier molecular flexibility index (Phi) is 7.10. The SMILES string of the molecule is CC(=O)Oc1ccccc1[C@@H]1SC[C@@H](C(=O)O)N1C(=O)CCSC(C)=O. The van der Waals surface area contributed by atoms with Gasteiger partial charge >= 0.3 is 11.9 Å². The van der Waals surface area contributed by atoms with Gasteiger partial charge in [-0.15, -0.1) is 11.8 Å². The molecule has 1 aliphatic heterocycles. The highest BCUT2D eigenvalue weighted by atomic mass is 32.2. The van der Waals surface area contributed by atoms with E-state index in [-0.39, 0.29) is 23.2 Å². The third kappa shape index (κ3) is 5.01. The molecule has 0 unspecified atom stereocenters. The van der Waals surface area contributed by atoms with Crippen LogP contribution in [0, 0.1) is 0 Å². The van der Waals surface area contributed by atoms with Crippen LogP contribution in [0.5, 0.6) is 5.75 Å². The van der Waals surface area contributed by atoms with E-state index in [1.165, 1.54) is 30.5 Å². The van der Waals surface area contributed by atoms with Crippen LogP contribution in [0.25, 0.3) is 0 Å². The van der Waals surface area contributed by atoms with E-state index in [0.29, 0.717) is 17.1 Å².